The van der Waals surface area contributed by atoms with Crippen LogP contribution in [-0.2, 0) is 4.74 Å². The van der Waals surface area contributed by atoms with Crippen molar-refractivity contribution < 1.29 is 41.0 Å². The van der Waals surface area contributed by atoms with Gasteiger partial charge in [0.25, 0.3) is 0 Å². The van der Waals surface area contributed by atoms with Crippen LogP contribution in [0.5, 0.6) is 11.5 Å². The Morgan fingerprint density at radius 2 is 1.44 bits per heavy atom. The fraction of sp³-hybridized carbons (Fsp3) is 0.278. The molecule has 1 heterocycles. The van der Waals surface area contributed by atoms with Gasteiger partial charge in [0.2, 0.25) is 34.8 Å². The zero-order chi connectivity index (χ0) is 19.6. The fourth-order valence-corrected chi connectivity index (χ4v) is 2.53. The second kappa shape index (κ2) is 7.91. The molecule has 1 aliphatic rings. The van der Waals surface area contributed by atoms with Crippen LogP contribution in [0.15, 0.2) is 24.3 Å². The van der Waals surface area contributed by atoms with Crippen molar-refractivity contribution in [1.29, 1.82) is 0 Å². The molecular formula is C18H13F5O4. The van der Waals surface area contributed by atoms with Crippen LogP contribution in [0.3, 0.4) is 0 Å². The molecule has 2 aromatic carbocycles. The smallest absolute Gasteiger partial charge is 0.347 e. The standard InChI is InChI=1S/C18H13F5O4/c19-12-13(20)15(22)17(16(23)14(12)21)27-18(24)10-3-1-2-4-11(10)26-9-5-7-25-8-6-9/h1-4,9H,5-8H2. The summed E-state index contributed by atoms with van der Waals surface area (Å²) in [6, 6.07) is 5.68. The van der Waals surface area contributed by atoms with E-state index >= 15 is 0 Å². The number of carbonyl (C=O) groups is 1. The van der Waals surface area contributed by atoms with Crippen LogP contribution in [0.25, 0.3) is 0 Å². The number of ether oxygens (including phenoxy) is 3. The van der Waals surface area contributed by atoms with Crippen molar-refractivity contribution in [3.8, 4) is 11.5 Å². The van der Waals surface area contributed by atoms with Gasteiger partial charge in [-0.2, -0.15) is 8.78 Å². The number of para-hydroxylation sites is 1. The third kappa shape index (κ3) is 3.87. The third-order valence-corrected chi connectivity index (χ3v) is 3.93. The summed E-state index contributed by atoms with van der Waals surface area (Å²) in [5, 5.41) is 0. The Morgan fingerprint density at radius 1 is 0.889 bits per heavy atom. The summed E-state index contributed by atoms with van der Waals surface area (Å²) in [7, 11) is 0. The lowest BCUT2D eigenvalue weighted by Gasteiger charge is -2.24. The molecule has 3 rings (SSSR count). The molecule has 0 unspecified atom stereocenters. The summed E-state index contributed by atoms with van der Waals surface area (Å²) in [5.41, 5.74) is -0.215. The zero-order valence-corrected chi connectivity index (χ0v) is 13.7. The van der Waals surface area contributed by atoms with Gasteiger partial charge in [-0.3, -0.25) is 0 Å². The van der Waals surface area contributed by atoms with E-state index in [1.54, 1.807) is 6.07 Å². The summed E-state index contributed by atoms with van der Waals surface area (Å²) >= 11 is 0. The molecule has 27 heavy (non-hydrogen) atoms. The zero-order valence-electron chi connectivity index (χ0n) is 13.7. The molecule has 0 N–H and O–H groups in total. The molecule has 0 saturated carbocycles. The number of rotatable bonds is 4. The van der Waals surface area contributed by atoms with Crippen LogP contribution in [0.4, 0.5) is 22.0 Å². The molecule has 144 valence electrons. The molecule has 1 aliphatic heterocycles. The number of carbonyl (C=O) groups excluding carboxylic acids is 1. The first kappa shape index (κ1) is 19.1. The molecule has 1 saturated heterocycles. The van der Waals surface area contributed by atoms with Crippen LogP contribution in [-0.4, -0.2) is 25.3 Å². The number of benzene rings is 2. The predicted octanol–water partition coefficient (Wildman–Crippen LogP) is 4.16. The Balaban J connectivity index is 1.87. The lowest BCUT2D eigenvalue weighted by atomic mass is 10.1. The second-order valence-electron chi connectivity index (χ2n) is 5.71. The van der Waals surface area contributed by atoms with E-state index < -0.39 is 40.8 Å². The van der Waals surface area contributed by atoms with Gasteiger partial charge in [0.1, 0.15) is 17.4 Å². The first-order valence-electron chi connectivity index (χ1n) is 7.97. The van der Waals surface area contributed by atoms with Gasteiger partial charge < -0.3 is 14.2 Å². The van der Waals surface area contributed by atoms with Gasteiger partial charge in [-0.25, -0.2) is 18.0 Å². The quantitative estimate of drug-likeness (QED) is 0.259. The van der Waals surface area contributed by atoms with Gasteiger partial charge in [-0.15, -0.1) is 0 Å². The van der Waals surface area contributed by atoms with Crippen LogP contribution in [0.1, 0.15) is 23.2 Å². The van der Waals surface area contributed by atoms with Crippen molar-refractivity contribution >= 4 is 5.97 Å². The highest BCUT2D eigenvalue weighted by Crippen LogP contribution is 2.31. The van der Waals surface area contributed by atoms with Crippen molar-refractivity contribution in [1.82, 2.24) is 0 Å². The number of halogens is 5. The summed E-state index contributed by atoms with van der Waals surface area (Å²) < 4.78 is 82.4. The maximum absolute atomic E-state index is 13.7. The van der Waals surface area contributed by atoms with E-state index in [-0.39, 0.29) is 17.4 Å². The minimum Gasteiger partial charge on any atom is -0.489 e. The molecule has 4 nitrogen and oxygen atoms in total. The Kier molecular flexibility index (Phi) is 5.59. The van der Waals surface area contributed by atoms with Crippen molar-refractivity contribution in [2.45, 2.75) is 18.9 Å². The molecule has 0 aliphatic carbocycles. The van der Waals surface area contributed by atoms with Crippen LogP contribution in [0.2, 0.25) is 0 Å². The molecule has 1 fully saturated rings. The second-order valence-corrected chi connectivity index (χ2v) is 5.71. The van der Waals surface area contributed by atoms with E-state index in [1.165, 1.54) is 18.2 Å². The van der Waals surface area contributed by atoms with Gasteiger partial charge >= 0.3 is 5.97 Å². The molecule has 0 radical (unpaired) electrons. The van der Waals surface area contributed by atoms with E-state index in [4.69, 9.17) is 9.47 Å². The molecule has 0 aromatic heterocycles. The highest BCUT2D eigenvalue weighted by molar-refractivity contribution is 5.94. The molecule has 0 atom stereocenters. The van der Waals surface area contributed by atoms with Crippen LogP contribution < -0.4 is 9.47 Å². The van der Waals surface area contributed by atoms with Crippen LogP contribution >= 0.6 is 0 Å². The molecule has 2 aromatic rings. The van der Waals surface area contributed by atoms with Crippen LogP contribution in [0, 0.1) is 29.1 Å². The molecule has 0 spiro atoms. The average molecular weight is 388 g/mol. The number of hydrogen-bond acceptors (Lipinski definition) is 4. The van der Waals surface area contributed by atoms with Crippen molar-refractivity contribution in [2.24, 2.45) is 0 Å². The Morgan fingerprint density at radius 3 is 2.07 bits per heavy atom. The topological polar surface area (TPSA) is 44.8 Å². The van der Waals surface area contributed by atoms with E-state index in [9.17, 15) is 26.7 Å². The minimum absolute atomic E-state index is 0.0678. The molecule has 0 amide bonds. The van der Waals surface area contributed by atoms with E-state index in [1.807, 2.05) is 0 Å². The van der Waals surface area contributed by atoms with Gasteiger partial charge in [0.05, 0.1) is 13.2 Å². The maximum atomic E-state index is 13.7. The predicted molar refractivity (Wildman–Crippen MR) is 82.1 cm³/mol. The lowest BCUT2D eigenvalue weighted by Crippen LogP contribution is -2.26. The Bertz CT molecular complexity index is 836. The highest BCUT2D eigenvalue weighted by atomic mass is 19.2. The number of hydrogen-bond donors (Lipinski definition) is 0. The third-order valence-electron chi connectivity index (χ3n) is 3.93. The maximum Gasteiger partial charge on any atom is 0.347 e. The largest absolute Gasteiger partial charge is 0.489 e. The van der Waals surface area contributed by atoms with Crippen molar-refractivity contribution in [3.63, 3.8) is 0 Å². The summed E-state index contributed by atoms with van der Waals surface area (Å²) in [4.78, 5) is 12.3. The molecule has 9 heteroatoms. The average Bonchev–Trinajstić information content (AvgIpc) is 2.69. The summed E-state index contributed by atoms with van der Waals surface area (Å²) in [6.07, 6.45) is 0.893. The highest BCUT2D eigenvalue weighted by Gasteiger charge is 2.29. The number of esters is 1. The van der Waals surface area contributed by atoms with Crippen molar-refractivity contribution in [2.75, 3.05) is 13.2 Å². The SMILES string of the molecule is O=C(Oc1c(F)c(F)c(F)c(F)c1F)c1ccccc1OC1CCOCC1. The first-order valence-corrected chi connectivity index (χ1v) is 7.97. The van der Waals surface area contributed by atoms with Gasteiger partial charge in [-0.05, 0) is 12.1 Å². The monoisotopic (exact) mass is 388 g/mol. The minimum atomic E-state index is -2.34. The summed E-state index contributed by atoms with van der Waals surface area (Å²) in [5.74, 6) is -14.1. The normalized spacial score (nSPS) is 14.9. The Labute approximate surface area is 150 Å². The summed E-state index contributed by atoms with van der Waals surface area (Å²) in [6.45, 7) is 0.948. The van der Waals surface area contributed by atoms with Gasteiger partial charge in [-0.1, -0.05) is 12.1 Å². The van der Waals surface area contributed by atoms with Gasteiger partial charge in [0.15, 0.2) is 0 Å². The van der Waals surface area contributed by atoms with E-state index in [2.05, 4.69) is 4.74 Å². The van der Waals surface area contributed by atoms with Crippen molar-refractivity contribution in [3.05, 3.63) is 58.9 Å². The van der Waals surface area contributed by atoms with Gasteiger partial charge in [0, 0.05) is 12.8 Å². The fourth-order valence-electron chi connectivity index (χ4n) is 2.53. The Hall–Kier alpha value is -2.68. The van der Waals surface area contributed by atoms with E-state index in [0.29, 0.717) is 26.1 Å². The lowest BCUT2D eigenvalue weighted by molar-refractivity contribution is 0.0249. The van der Waals surface area contributed by atoms with E-state index in [0.717, 1.165) is 0 Å². The molecule has 0 bridgehead atoms. The molecular weight excluding hydrogens is 375 g/mol. The first-order chi connectivity index (χ1) is 12.9.